The molecule has 0 atom stereocenters. The van der Waals surface area contributed by atoms with Crippen LogP contribution in [0, 0.1) is 0 Å². The van der Waals surface area contributed by atoms with Crippen molar-refractivity contribution in [3.8, 4) is 5.75 Å². The second-order valence-electron chi connectivity index (χ2n) is 7.46. The Kier molecular flexibility index (Phi) is 9.39. The third-order valence-electron chi connectivity index (χ3n) is 4.95. The summed E-state index contributed by atoms with van der Waals surface area (Å²) in [5.41, 5.74) is 1.47. The Balaban J connectivity index is 2.47. The summed E-state index contributed by atoms with van der Waals surface area (Å²) in [5, 5.41) is 3.06. The minimum atomic E-state index is -4.45. The van der Waals surface area contributed by atoms with E-state index in [0.29, 0.717) is 23.8 Å². The predicted molar refractivity (Wildman–Crippen MR) is 127 cm³/mol. The Morgan fingerprint density at radius 3 is 2.39 bits per heavy atom. The molecule has 33 heavy (non-hydrogen) atoms. The van der Waals surface area contributed by atoms with E-state index < -0.39 is 11.7 Å². The van der Waals surface area contributed by atoms with Crippen molar-refractivity contribution < 1.29 is 17.9 Å². The molecule has 0 aliphatic rings. The molecule has 2 aromatic carbocycles. The van der Waals surface area contributed by atoms with E-state index in [1.807, 2.05) is 47.2 Å². The molecule has 0 aromatic heterocycles. The summed E-state index contributed by atoms with van der Waals surface area (Å²) >= 11 is 0. The van der Waals surface area contributed by atoms with Crippen LogP contribution in [0.3, 0.4) is 0 Å². The second kappa shape index (κ2) is 12.0. The zero-order valence-corrected chi connectivity index (χ0v) is 19.3. The first-order valence-electron chi connectivity index (χ1n) is 10.6. The molecule has 0 aliphatic carbocycles. The van der Waals surface area contributed by atoms with Crippen LogP contribution in [0.5, 0.6) is 5.75 Å². The number of hydrogen-bond acceptors (Lipinski definition) is 5. The Labute approximate surface area is 193 Å². The molecule has 2 rings (SSSR count). The summed E-state index contributed by atoms with van der Waals surface area (Å²) in [5.74, 6) is 0.715. The standard InChI is InChI=1S/C25H31F3N4O/c1-6-15-31(5)24(30-4)23(19(2)29-3)32(17-20-11-8-7-9-12-20)18-33-22-14-10-13-21(16-22)25(26,27)28/h7-14,16,29H,2,4,6,15,17-18H2,1,3,5H3/b24-23+. The lowest BCUT2D eigenvalue weighted by molar-refractivity contribution is -0.137. The number of benzene rings is 2. The van der Waals surface area contributed by atoms with E-state index in [1.165, 1.54) is 12.1 Å². The summed E-state index contributed by atoms with van der Waals surface area (Å²) in [6.45, 7) is 11.1. The average molecular weight is 461 g/mol. The normalized spacial score (nSPS) is 11.9. The molecule has 1 N–H and O–H groups in total. The Hall–Kier alpha value is -3.42. The zero-order chi connectivity index (χ0) is 24.4. The van der Waals surface area contributed by atoms with Gasteiger partial charge in [0.2, 0.25) is 0 Å². The number of aliphatic imine (C=N–C) groups is 1. The van der Waals surface area contributed by atoms with Crippen LogP contribution < -0.4 is 10.1 Å². The second-order valence-corrected chi connectivity index (χ2v) is 7.46. The number of rotatable bonds is 12. The molecule has 178 valence electrons. The van der Waals surface area contributed by atoms with Crippen LogP contribution in [-0.4, -0.2) is 43.9 Å². The highest BCUT2D eigenvalue weighted by Crippen LogP contribution is 2.31. The maximum absolute atomic E-state index is 13.1. The van der Waals surface area contributed by atoms with Crippen LogP contribution in [0.1, 0.15) is 24.5 Å². The minimum Gasteiger partial charge on any atom is -0.473 e. The van der Waals surface area contributed by atoms with Crippen molar-refractivity contribution in [2.75, 3.05) is 27.4 Å². The van der Waals surface area contributed by atoms with Gasteiger partial charge in [-0.2, -0.15) is 13.2 Å². The molecule has 0 unspecified atom stereocenters. The fraction of sp³-hybridized carbons (Fsp3) is 0.320. The third-order valence-corrected chi connectivity index (χ3v) is 4.95. The highest BCUT2D eigenvalue weighted by atomic mass is 19.4. The van der Waals surface area contributed by atoms with Crippen LogP contribution >= 0.6 is 0 Å². The van der Waals surface area contributed by atoms with Crippen molar-refractivity contribution in [2.24, 2.45) is 4.99 Å². The Morgan fingerprint density at radius 2 is 1.82 bits per heavy atom. The van der Waals surface area contributed by atoms with Gasteiger partial charge < -0.3 is 19.9 Å². The SMILES string of the molecule is C=N/C(=C(/C(=C)NC)N(COc1cccc(C(F)(F)F)c1)Cc1ccccc1)N(C)CCC. The number of hydrogen-bond donors (Lipinski definition) is 1. The number of nitrogens with one attached hydrogen (secondary N) is 1. The maximum Gasteiger partial charge on any atom is 0.416 e. The number of nitrogens with zero attached hydrogens (tertiary/aromatic N) is 3. The van der Waals surface area contributed by atoms with Crippen molar-refractivity contribution >= 4 is 6.72 Å². The van der Waals surface area contributed by atoms with Crippen LogP contribution in [0.4, 0.5) is 13.2 Å². The van der Waals surface area contributed by atoms with Gasteiger partial charge in [-0.3, -0.25) is 0 Å². The summed E-state index contributed by atoms with van der Waals surface area (Å²) in [7, 11) is 3.65. The van der Waals surface area contributed by atoms with Gasteiger partial charge in [0.05, 0.1) is 11.3 Å². The van der Waals surface area contributed by atoms with Crippen molar-refractivity contribution in [1.82, 2.24) is 15.1 Å². The van der Waals surface area contributed by atoms with Crippen LogP contribution in [-0.2, 0) is 12.7 Å². The molecule has 8 heteroatoms. The molecule has 0 fully saturated rings. The number of alkyl halides is 3. The van der Waals surface area contributed by atoms with E-state index in [9.17, 15) is 13.2 Å². The van der Waals surface area contributed by atoms with Gasteiger partial charge in [-0.1, -0.05) is 49.9 Å². The quantitative estimate of drug-likeness (QED) is 0.258. The van der Waals surface area contributed by atoms with Gasteiger partial charge in [0.25, 0.3) is 0 Å². The van der Waals surface area contributed by atoms with Gasteiger partial charge in [0.1, 0.15) is 11.4 Å². The van der Waals surface area contributed by atoms with E-state index in [0.717, 1.165) is 30.7 Å². The lowest BCUT2D eigenvalue weighted by Crippen LogP contribution is -2.34. The van der Waals surface area contributed by atoms with E-state index in [-0.39, 0.29) is 12.5 Å². The first-order chi connectivity index (χ1) is 15.7. The van der Waals surface area contributed by atoms with Crippen LogP contribution in [0.25, 0.3) is 0 Å². The van der Waals surface area contributed by atoms with E-state index in [2.05, 4.69) is 30.5 Å². The summed E-state index contributed by atoms with van der Waals surface area (Å²) in [6, 6.07) is 14.5. The first-order valence-corrected chi connectivity index (χ1v) is 10.6. The molecule has 0 spiro atoms. The number of halogens is 3. The molecule has 2 aromatic rings. The predicted octanol–water partition coefficient (Wildman–Crippen LogP) is 5.49. The number of ether oxygens (including phenoxy) is 1. The topological polar surface area (TPSA) is 40.1 Å². The monoisotopic (exact) mass is 460 g/mol. The fourth-order valence-corrected chi connectivity index (χ4v) is 3.31. The van der Waals surface area contributed by atoms with Gasteiger partial charge in [-0.05, 0) is 36.9 Å². The molecule has 0 amide bonds. The zero-order valence-electron chi connectivity index (χ0n) is 19.3. The third kappa shape index (κ3) is 7.30. The molecule has 0 radical (unpaired) electrons. The minimum absolute atomic E-state index is 0.0226. The highest BCUT2D eigenvalue weighted by molar-refractivity contribution is 5.37. The van der Waals surface area contributed by atoms with Crippen molar-refractivity contribution in [3.63, 3.8) is 0 Å². The van der Waals surface area contributed by atoms with Gasteiger partial charge in [0.15, 0.2) is 12.6 Å². The average Bonchev–Trinajstić information content (AvgIpc) is 2.80. The summed E-state index contributed by atoms with van der Waals surface area (Å²) in [6.07, 6.45) is -3.55. The first kappa shape index (κ1) is 25.8. The van der Waals surface area contributed by atoms with E-state index in [1.54, 1.807) is 7.05 Å². The molecule has 0 aliphatic heterocycles. The summed E-state index contributed by atoms with van der Waals surface area (Å²) < 4.78 is 45.2. The van der Waals surface area contributed by atoms with Crippen molar-refractivity contribution in [3.05, 3.63) is 89.5 Å². The van der Waals surface area contributed by atoms with Gasteiger partial charge in [-0.25, -0.2) is 4.99 Å². The lowest BCUT2D eigenvalue weighted by atomic mass is 10.2. The lowest BCUT2D eigenvalue weighted by Gasteiger charge is -2.32. The molecule has 0 heterocycles. The summed E-state index contributed by atoms with van der Waals surface area (Å²) in [4.78, 5) is 8.09. The van der Waals surface area contributed by atoms with Crippen molar-refractivity contribution in [1.29, 1.82) is 0 Å². The van der Waals surface area contributed by atoms with Crippen LogP contribution in [0.2, 0.25) is 0 Å². The molecule has 0 saturated heterocycles. The van der Waals surface area contributed by atoms with E-state index in [4.69, 9.17) is 4.74 Å². The molecular formula is C25H31F3N4O. The van der Waals surface area contributed by atoms with Gasteiger partial charge in [0, 0.05) is 27.2 Å². The van der Waals surface area contributed by atoms with Crippen molar-refractivity contribution in [2.45, 2.75) is 26.1 Å². The van der Waals surface area contributed by atoms with E-state index >= 15 is 0 Å². The maximum atomic E-state index is 13.1. The molecule has 5 nitrogen and oxygen atoms in total. The Bertz CT molecular complexity index is 958. The van der Waals surface area contributed by atoms with Gasteiger partial charge >= 0.3 is 6.18 Å². The Morgan fingerprint density at radius 1 is 1.12 bits per heavy atom. The highest BCUT2D eigenvalue weighted by Gasteiger charge is 2.30. The van der Waals surface area contributed by atoms with Gasteiger partial charge in [-0.15, -0.1) is 0 Å². The molecule has 0 bridgehead atoms. The largest absolute Gasteiger partial charge is 0.473 e. The van der Waals surface area contributed by atoms with Crippen LogP contribution in [0.15, 0.2) is 83.4 Å². The fourth-order valence-electron chi connectivity index (χ4n) is 3.31. The smallest absolute Gasteiger partial charge is 0.416 e. The molecular weight excluding hydrogens is 429 g/mol. The molecule has 0 saturated carbocycles. The number of likely N-dealkylation sites (N-methyl/N-ethyl adjacent to an activating group) is 1.